The molecule has 1 saturated heterocycles. The molecule has 1 aromatic carbocycles. The third-order valence-corrected chi connectivity index (χ3v) is 4.64. The van der Waals surface area contributed by atoms with Crippen LogP contribution in [0.1, 0.15) is 10.4 Å². The molecule has 3 rings (SSSR count). The molecular formula is C19H24N6O3. The summed E-state index contributed by atoms with van der Waals surface area (Å²) in [6.45, 7) is 3.67. The maximum Gasteiger partial charge on any atom is 0.267 e. The molecule has 28 heavy (non-hydrogen) atoms. The molecule has 6 N–H and O–H groups in total. The highest BCUT2D eigenvalue weighted by molar-refractivity contribution is 5.97. The Balaban J connectivity index is 1.66. The molecule has 1 aliphatic rings. The van der Waals surface area contributed by atoms with E-state index in [-0.39, 0.29) is 6.54 Å². The summed E-state index contributed by atoms with van der Waals surface area (Å²) in [6, 6.07) is 9.98. The van der Waals surface area contributed by atoms with E-state index in [1.807, 2.05) is 30.5 Å². The van der Waals surface area contributed by atoms with Crippen molar-refractivity contribution in [2.45, 2.75) is 6.04 Å². The number of hydrogen-bond acceptors (Lipinski definition) is 7. The van der Waals surface area contributed by atoms with Crippen LogP contribution in [-0.2, 0) is 4.79 Å². The Bertz CT molecular complexity index is 803. The number of hydroxylamine groups is 1. The SMILES string of the molecule is NC[C@H](NC(=O)c1ccc(-c2ccc(N3CCNCC3)nc2)cc1)C(=O)NO. The number of aromatic nitrogens is 1. The van der Waals surface area contributed by atoms with Crippen molar-refractivity contribution in [2.24, 2.45) is 5.73 Å². The summed E-state index contributed by atoms with van der Waals surface area (Å²) in [6.07, 6.45) is 1.82. The highest BCUT2D eigenvalue weighted by atomic mass is 16.5. The van der Waals surface area contributed by atoms with E-state index >= 15 is 0 Å². The molecule has 1 fully saturated rings. The first-order valence-electron chi connectivity index (χ1n) is 9.09. The van der Waals surface area contributed by atoms with Crippen molar-refractivity contribution in [2.75, 3.05) is 37.6 Å². The molecule has 0 bridgehead atoms. The first-order valence-corrected chi connectivity index (χ1v) is 9.09. The Hall–Kier alpha value is -3.01. The Morgan fingerprint density at radius 1 is 1.14 bits per heavy atom. The Morgan fingerprint density at radius 3 is 2.39 bits per heavy atom. The largest absolute Gasteiger partial charge is 0.354 e. The molecule has 1 aromatic heterocycles. The number of anilines is 1. The molecule has 2 aromatic rings. The summed E-state index contributed by atoms with van der Waals surface area (Å²) in [5.41, 5.74) is 9.19. The lowest BCUT2D eigenvalue weighted by Gasteiger charge is -2.28. The zero-order valence-corrected chi connectivity index (χ0v) is 15.4. The lowest BCUT2D eigenvalue weighted by molar-refractivity contribution is -0.130. The molecule has 0 radical (unpaired) electrons. The van der Waals surface area contributed by atoms with Crippen LogP contribution in [0.5, 0.6) is 0 Å². The monoisotopic (exact) mass is 384 g/mol. The van der Waals surface area contributed by atoms with Gasteiger partial charge in [-0.15, -0.1) is 0 Å². The molecule has 9 heteroatoms. The van der Waals surface area contributed by atoms with Crippen LogP contribution in [0.3, 0.4) is 0 Å². The van der Waals surface area contributed by atoms with Gasteiger partial charge < -0.3 is 21.3 Å². The first kappa shape index (κ1) is 19.7. The van der Waals surface area contributed by atoms with Gasteiger partial charge >= 0.3 is 0 Å². The fraction of sp³-hybridized carbons (Fsp3) is 0.316. The van der Waals surface area contributed by atoms with E-state index in [0.29, 0.717) is 5.56 Å². The summed E-state index contributed by atoms with van der Waals surface area (Å²) in [7, 11) is 0. The number of amides is 2. The molecular weight excluding hydrogens is 360 g/mol. The van der Waals surface area contributed by atoms with Crippen LogP contribution < -0.4 is 26.7 Å². The number of pyridine rings is 1. The van der Waals surface area contributed by atoms with E-state index in [9.17, 15) is 9.59 Å². The van der Waals surface area contributed by atoms with Crippen molar-refractivity contribution in [1.82, 2.24) is 21.1 Å². The van der Waals surface area contributed by atoms with Crippen LogP contribution in [0.25, 0.3) is 11.1 Å². The Morgan fingerprint density at radius 2 is 1.82 bits per heavy atom. The summed E-state index contributed by atoms with van der Waals surface area (Å²) in [4.78, 5) is 30.5. The quantitative estimate of drug-likeness (QED) is 0.342. The van der Waals surface area contributed by atoms with Crippen LogP contribution in [-0.4, -0.2) is 60.8 Å². The van der Waals surface area contributed by atoms with Gasteiger partial charge in [-0.3, -0.25) is 14.8 Å². The average molecular weight is 384 g/mol. The van der Waals surface area contributed by atoms with E-state index in [1.54, 1.807) is 12.1 Å². The predicted octanol–water partition coefficient (Wildman–Crippen LogP) is -0.279. The van der Waals surface area contributed by atoms with E-state index in [0.717, 1.165) is 43.1 Å². The number of hydrogen-bond donors (Lipinski definition) is 5. The Labute approximate surface area is 162 Å². The van der Waals surface area contributed by atoms with Gasteiger partial charge in [-0.25, -0.2) is 10.5 Å². The third-order valence-electron chi connectivity index (χ3n) is 4.64. The van der Waals surface area contributed by atoms with Crippen molar-refractivity contribution >= 4 is 17.6 Å². The van der Waals surface area contributed by atoms with Crippen LogP contribution in [0.2, 0.25) is 0 Å². The summed E-state index contributed by atoms with van der Waals surface area (Å²) >= 11 is 0. The smallest absolute Gasteiger partial charge is 0.267 e. The third kappa shape index (κ3) is 4.63. The maximum absolute atomic E-state index is 12.3. The van der Waals surface area contributed by atoms with Gasteiger partial charge in [0.15, 0.2) is 0 Å². The van der Waals surface area contributed by atoms with Gasteiger partial charge in [0.25, 0.3) is 11.8 Å². The summed E-state index contributed by atoms with van der Waals surface area (Å²) < 4.78 is 0. The normalized spacial score (nSPS) is 15.0. The van der Waals surface area contributed by atoms with Crippen molar-refractivity contribution in [3.8, 4) is 11.1 Å². The van der Waals surface area contributed by atoms with Crippen molar-refractivity contribution < 1.29 is 14.8 Å². The van der Waals surface area contributed by atoms with Gasteiger partial charge in [-0.2, -0.15) is 0 Å². The van der Waals surface area contributed by atoms with Crippen molar-refractivity contribution in [3.05, 3.63) is 48.2 Å². The predicted molar refractivity (Wildman–Crippen MR) is 105 cm³/mol. The molecule has 0 aliphatic carbocycles. The van der Waals surface area contributed by atoms with Crippen molar-refractivity contribution in [3.63, 3.8) is 0 Å². The minimum absolute atomic E-state index is 0.124. The Kier molecular flexibility index (Phi) is 6.53. The molecule has 1 atom stereocenters. The van der Waals surface area contributed by atoms with Gasteiger partial charge in [-0.1, -0.05) is 12.1 Å². The van der Waals surface area contributed by atoms with Gasteiger partial charge in [0.05, 0.1) is 0 Å². The lowest BCUT2D eigenvalue weighted by atomic mass is 10.0. The fourth-order valence-corrected chi connectivity index (χ4v) is 3.00. The number of nitrogens with two attached hydrogens (primary N) is 1. The minimum atomic E-state index is -1.00. The average Bonchev–Trinajstić information content (AvgIpc) is 2.77. The second-order valence-electron chi connectivity index (χ2n) is 6.46. The minimum Gasteiger partial charge on any atom is -0.354 e. The molecule has 9 nitrogen and oxygen atoms in total. The van der Waals surface area contributed by atoms with Crippen LogP contribution in [0.4, 0.5) is 5.82 Å². The second-order valence-corrected chi connectivity index (χ2v) is 6.46. The number of piperazine rings is 1. The number of carbonyl (C=O) groups excluding carboxylic acids is 2. The molecule has 2 amide bonds. The topological polar surface area (TPSA) is 133 Å². The first-order chi connectivity index (χ1) is 13.6. The molecule has 0 spiro atoms. The van der Waals surface area contributed by atoms with Crippen molar-refractivity contribution in [1.29, 1.82) is 0 Å². The number of benzene rings is 1. The highest BCUT2D eigenvalue weighted by Gasteiger charge is 2.19. The van der Waals surface area contributed by atoms with Gasteiger partial charge in [0.1, 0.15) is 11.9 Å². The highest BCUT2D eigenvalue weighted by Crippen LogP contribution is 2.21. The number of rotatable bonds is 6. The molecule has 1 aliphatic heterocycles. The zero-order chi connectivity index (χ0) is 19.9. The zero-order valence-electron chi connectivity index (χ0n) is 15.4. The van der Waals surface area contributed by atoms with E-state index in [1.165, 1.54) is 5.48 Å². The molecule has 148 valence electrons. The van der Waals surface area contributed by atoms with Gasteiger partial charge in [0.2, 0.25) is 0 Å². The van der Waals surface area contributed by atoms with Gasteiger partial charge in [0, 0.05) is 50.0 Å². The standard InChI is InChI=1S/C19H24N6O3/c20-11-16(19(27)24-28)23-18(26)14-3-1-13(2-4-14)15-5-6-17(22-12-15)25-9-7-21-8-10-25/h1-6,12,16,21,28H,7-11,20H2,(H,23,26)(H,24,27)/t16-/m0/s1. The lowest BCUT2D eigenvalue weighted by Crippen LogP contribution is -2.50. The number of nitrogens with zero attached hydrogens (tertiary/aromatic N) is 2. The molecule has 2 heterocycles. The maximum atomic E-state index is 12.3. The second kappa shape index (κ2) is 9.27. The number of carbonyl (C=O) groups is 2. The number of nitrogens with one attached hydrogen (secondary N) is 3. The van der Waals surface area contributed by atoms with Crippen LogP contribution in [0, 0.1) is 0 Å². The summed E-state index contributed by atoms with van der Waals surface area (Å²) in [5, 5.41) is 14.5. The van der Waals surface area contributed by atoms with Gasteiger partial charge in [-0.05, 0) is 29.8 Å². The van der Waals surface area contributed by atoms with Crippen LogP contribution in [0.15, 0.2) is 42.6 Å². The fourth-order valence-electron chi connectivity index (χ4n) is 3.00. The molecule has 0 saturated carbocycles. The van der Waals surface area contributed by atoms with Crippen LogP contribution >= 0.6 is 0 Å². The summed E-state index contributed by atoms with van der Waals surface area (Å²) in [5.74, 6) is -0.253. The molecule has 0 unspecified atom stereocenters. The van der Waals surface area contributed by atoms with E-state index in [4.69, 9.17) is 10.9 Å². The van der Waals surface area contributed by atoms with E-state index in [2.05, 4.69) is 20.5 Å². The van der Waals surface area contributed by atoms with E-state index < -0.39 is 17.9 Å².